The number of rotatable bonds is 16. The lowest BCUT2D eigenvalue weighted by molar-refractivity contribution is -0.177. The Morgan fingerprint density at radius 1 is 0.906 bits per heavy atom. The average Bonchev–Trinajstić information content (AvgIpc) is 3.24. The number of ether oxygens (including phenoxy) is 3. The molecule has 3 aliphatic heterocycles. The topological polar surface area (TPSA) is 188 Å². The molecular formula is C49H67N3O11Si. The molecule has 64 heavy (non-hydrogen) atoms. The van der Waals surface area contributed by atoms with Crippen LogP contribution < -0.4 is 10.3 Å². The Hall–Kier alpha value is -5.22. The number of aromatic hydroxyl groups is 1. The number of esters is 1. The molecule has 14 nitrogen and oxygen atoms in total. The van der Waals surface area contributed by atoms with Crippen molar-refractivity contribution in [1.82, 2.24) is 14.8 Å². The number of hydrogen-bond donors (Lipinski definition) is 4. The predicted octanol–water partition coefficient (Wildman–Crippen LogP) is 8.36. The molecule has 15 heteroatoms. The Labute approximate surface area is 377 Å². The molecule has 348 valence electrons. The summed E-state index contributed by atoms with van der Waals surface area (Å²) >= 11 is 0. The van der Waals surface area contributed by atoms with E-state index in [0.29, 0.717) is 66.2 Å². The van der Waals surface area contributed by atoms with Gasteiger partial charge in [-0.15, -0.1) is 0 Å². The Balaban J connectivity index is 0.00000250. The number of amides is 1. The number of H-pyrrole nitrogens is 1. The monoisotopic (exact) mass is 901 g/mol. The highest BCUT2D eigenvalue weighted by molar-refractivity contribution is 6.74. The van der Waals surface area contributed by atoms with Crippen molar-refractivity contribution in [1.29, 1.82) is 0 Å². The summed E-state index contributed by atoms with van der Waals surface area (Å²) in [6.07, 6.45) is 2.86. The molecule has 0 aliphatic carbocycles. The molecule has 3 atom stereocenters. The van der Waals surface area contributed by atoms with Gasteiger partial charge in [0.1, 0.15) is 23.2 Å². The van der Waals surface area contributed by atoms with Gasteiger partial charge >= 0.3 is 12.1 Å². The van der Waals surface area contributed by atoms with Crippen LogP contribution in [0.15, 0.2) is 83.7 Å². The summed E-state index contributed by atoms with van der Waals surface area (Å²) in [5, 5.41) is 30.2. The molecule has 3 fully saturated rings. The van der Waals surface area contributed by atoms with E-state index < -0.39 is 37.7 Å². The van der Waals surface area contributed by atoms with Crippen LogP contribution in [0.5, 0.6) is 11.5 Å². The van der Waals surface area contributed by atoms with Crippen LogP contribution in [-0.2, 0) is 29.1 Å². The third-order valence-electron chi connectivity index (χ3n) is 12.5. The lowest BCUT2D eigenvalue weighted by Crippen LogP contribution is -2.53. The second-order valence-corrected chi connectivity index (χ2v) is 24.0. The molecule has 3 saturated heterocycles. The zero-order chi connectivity index (χ0) is 46.9. The van der Waals surface area contributed by atoms with Gasteiger partial charge in [0.05, 0.1) is 24.8 Å². The first-order chi connectivity index (χ1) is 30.2. The molecular weight excluding hydrogens is 835 g/mol. The number of nitrogens with one attached hydrogen (secondary N) is 1. The molecule has 3 unspecified atom stereocenters. The SMILES string of the molecule is CC(C)(C)OC(=O)N(CCCCCOc1ccc(C(O)(C(=O)OC2CN3CCC2CC3)c2ccccc2)cc1)CC(O[Si](C)(C)C(C)(C)C)c1ccc(O)c2[nH]c(=O)ccc12.O=CO. The van der Waals surface area contributed by atoms with Crippen LogP contribution in [0.3, 0.4) is 0 Å². The lowest BCUT2D eigenvalue weighted by Gasteiger charge is -2.44. The Morgan fingerprint density at radius 3 is 2.14 bits per heavy atom. The van der Waals surface area contributed by atoms with Crippen molar-refractivity contribution in [3.8, 4) is 11.5 Å². The molecule has 1 amide bonds. The van der Waals surface area contributed by atoms with Crippen LogP contribution in [0, 0.1) is 5.92 Å². The van der Waals surface area contributed by atoms with Crippen LogP contribution in [0.2, 0.25) is 18.1 Å². The smallest absolute Gasteiger partial charge is 0.410 e. The van der Waals surface area contributed by atoms with Crippen molar-refractivity contribution < 1.29 is 48.3 Å². The third kappa shape index (κ3) is 12.5. The van der Waals surface area contributed by atoms with Gasteiger partial charge in [-0.25, -0.2) is 9.59 Å². The van der Waals surface area contributed by atoms with Gasteiger partial charge in [0.15, 0.2) is 8.32 Å². The molecule has 4 aromatic rings. The molecule has 3 aromatic carbocycles. The van der Waals surface area contributed by atoms with Gasteiger partial charge in [0.25, 0.3) is 6.47 Å². The van der Waals surface area contributed by atoms with E-state index in [9.17, 15) is 24.6 Å². The average molecular weight is 902 g/mol. The Morgan fingerprint density at radius 2 is 1.55 bits per heavy atom. The van der Waals surface area contributed by atoms with Gasteiger partial charge in [-0.05, 0) is 131 Å². The van der Waals surface area contributed by atoms with Crippen molar-refractivity contribution in [2.24, 2.45) is 5.92 Å². The number of benzene rings is 3. The number of hydrogen-bond acceptors (Lipinski definition) is 11. The number of phenols is 1. The lowest BCUT2D eigenvalue weighted by atomic mass is 9.84. The number of fused-ring (bicyclic) bond motifs is 4. The Kier molecular flexibility index (Phi) is 16.5. The number of pyridine rings is 1. The number of carbonyl (C=O) groups excluding carboxylic acids is 2. The van der Waals surface area contributed by atoms with E-state index >= 15 is 0 Å². The number of aromatic amines is 1. The van der Waals surface area contributed by atoms with E-state index in [1.165, 1.54) is 6.07 Å². The highest BCUT2D eigenvalue weighted by Crippen LogP contribution is 2.42. The van der Waals surface area contributed by atoms with Crippen molar-refractivity contribution in [3.05, 3.63) is 106 Å². The quantitative estimate of drug-likeness (QED) is 0.0365. The van der Waals surface area contributed by atoms with Crippen molar-refractivity contribution in [3.63, 3.8) is 0 Å². The maximum Gasteiger partial charge on any atom is 0.410 e. The minimum atomic E-state index is -2.41. The zero-order valence-electron chi connectivity index (χ0n) is 38.6. The van der Waals surface area contributed by atoms with Crippen molar-refractivity contribution >= 4 is 37.8 Å². The summed E-state index contributed by atoms with van der Waals surface area (Å²) in [6, 6.07) is 22.4. The fourth-order valence-corrected chi connectivity index (χ4v) is 9.23. The number of aromatic nitrogens is 1. The van der Waals surface area contributed by atoms with Gasteiger partial charge in [-0.3, -0.25) is 14.5 Å². The summed E-state index contributed by atoms with van der Waals surface area (Å²) in [5.74, 6) is 0.201. The summed E-state index contributed by atoms with van der Waals surface area (Å²) in [4.78, 5) is 55.1. The van der Waals surface area contributed by atoms with Gasteiger partial charge in [-0.2, -0.15) is 0 Å². The van der Waals surface area contributed by atoms with E-state index in [-0.39, 0.29) is 35.5 Å². The molecule has 1 aromatic heterocycles. The molecule has 0 saturated carbocycles. The van der Waals surface area contributed by atoms with E-state index in [4.69, 9.17) is 28.5 Å². The first-order valence-corrected chi connectivity index (χ1v) is 25.1. The van der Waals surface area contributed by atoms with E-state index in [1.54, 1.807) is 71.6 Å². The molecule has 0 spiro atoms. The van der Waals surface area contributed by atoms with E-state index in [1.807, 2.05) is 26.8 Å². The number of carboxylic acid groups (broad SMARTS) is 1. The third-order valence-corrected chi connectivity index (χ3v) is 17.0. The first-order valence-electron chi connectivity index (χ1n) is 22.2. The molecule has 3 aliphatic rings. The minimum Gasteiger partial charge on any atom is -0.506 e. The van der Waals surface area contributed by atoms with Crippen molar-refractivity contribution in [2.75, 3.05) is 39.3 Å². The zero-order valence-corrected chi connectivity index (χ0v) is 39.6. The van der Waals surface area contributed by atoms with Crippen LogP contribution in [0.1, 0.15) is 96.4 Å². The summed E-state index contributed by atoms with van der Waals surface area (Å²) in [7, 11) is -2.41. The van der Waals surface area contributed by atoms with Crippen LogP contribution in [-0.4, -0.2) is 108 Å². The maximum atomic E-state index is 13.9. The highest BCUT2D eigenvalue weighted by Gasteiger charge is 2.46. The van der Waals surface area contributed by atoms with E-state index in [0.717, 1.165) is 37.9 Å². The number of unbranched alkanes of at least 4 members (excludes halogenated alkanes) is 2. The number of nitrogens with zero attached hydrogens (tertiary/aromatic N) is 2. The molecule has 2 bridgehead atoms. The fourth-order valence-electron chi connectivity index (χ4n) is 7.97. The second-order valence-electron chi connectivity index (χ2n) is 19.3. The predicted molar refractivity (Wildman–Crippen MR) is 248 cm³/mol. The molecule has 7 rings (SSSR count). The van der Waals surface area contributed by atoms with E-state index in [2.05, 4.69) is 43.7 Å². The maximum absolute atomic E-state index is 13.9. The summed E-state index contributed by atoms with van der Waals surface area (Å²) < 4.78 is 25.1. The van der Waals surface area contributed by atoms with Gasteiger partial charge in [0.2, 0.25) is 11.2 Å². The number of aliphatic hydroxyl groups is 1. The first kappa shape index (κ1) is 49.8. The largest absolute Gasteiger partial charge is 0.506 e. The summed E-state index contributed by atoms with van der Waals surface area (Å²) in [6.45, 7) is 19.8. The van der Waals surface area contributed by atoms with Gasteiger partial charge < -0.3 is 43.8 Å². The van der Waals surface area contributed by atoms with Gasteiger partial charge in [0, 0.05) is 24.5 Å². The molecule has 0 radical (unpaired) electrons. The highest BCUT2D eigenvalue weighted by atomic mass is 28.4. The number of carbonyl (C=O) groups is 3. The van der Waals surface area contributed by atoms with Gasteiger partial charge in [-0.1, -0.05) is 69.3 Å². The van der Waals surface area contributed by atoms with Crippen LogP contribution in [0.4, 0.5) is 4.79 Å². The summed E-state index contributed by atoms with van der Waals surface area (Å²) in [5.41, 5.74) is -1.09. The van der Waals surface area contributed by atoms with Crippen LogP contribution >= 0.6 is 0 Å². The number of phenolic OH excluding ortho intramolecular Hbond substituents is 1. The van der Waals surface area contributed by atoms with Crippen LogP contribution in [0.25, 0.3) is 10.9 Å². The second kappa shape index (κ2) is 21.2. The number of piperidine rings is 3. The normalized spacial score (nSPS) is 18.8. The Bertz CT molecular complexity index is 2230. The minimum absolute atomic E-state index is 0.0436. The fraction of sp³-hybridized carbons (Fsp3) is 0.510. The standard InChI is InChI=1S/C48H65N3O9Si.CH2O2/c1-46(2,3)59-45(55)51(32-41(60-61(7,8)47(4,5)6)37-21-23-39(52)43-38(37)22-24-42(53)49-43)27-13-10-14-30-57-36-19-17-35(18-20-36)48(56,34-15-11-9-12-16-34)44(54)58-40-31-50-28-25-33(40)26-29-50;2-1-3/h9,11-12,15-24,33,40-41,52,56H,10,13-14,25-32H2,1-8H3,(H,49,53);1H,(H,2,3). The van der Waals surface area contributed by atoms with Crippen molar-refractivity contribution in [2.45, 2.75) is 115 Å². The molecule has 4 N–H and O–H groups in total. The molecule has 4 heterocycles.